The number of ether oxygens (including phenoxy) is 1. The number of carbonyl (C=O) groups is 1. The summed E-state index contributed by atoms with van der Waals surface area (Å²) in [6.07, 6.45) is 1.06. The predicted molar refractivity (Wildman–Crippen MR) is 59.5 cm³/mol. The molecule has 1 amide bonds. The summed E-state index contributed by atoms with van der Waals surface area (Å²) < 4.78 is 5.01. The zero-order chi connectivity index (χ0) is 11.5. The van der Waals surface area contributed by atoms with E-state index in [1.807, 2.05) is 0 Å². The first-order valence-electron chi connectivity index (χ1n) is 5.32. The molecule has 1 aromatic carbocycles. The second-order valence-corrected chi connectivity index (χ2v) is 4.02. The van der Waals surface area contributed by atoms with Crippen LogP contribution in [0.4, 0.5) is 0 Å². The van der Waals surface area contributed by atoms with Gasteiger partial charge in [-0.15, -0.1) is 0 Å². The molecule has 2 rings (SSSR count). The highest BCUT2D eigenvalue weighted by Gasteiger charge is 2.28. The van der Waals surface area contributed by atoms with E-state index >= 15 is 0 Å². The van der Waals surface area contributed by atoms with E-state index in [0.717, 1.165) is 5.75 Å². The average molecular weight is 221 g/mol. The molecule has 0 unspecified atom stereocenters. The minimum Gasteiger partial charge on any atom is -0.497 e. The molecule has 1 aromatic rings. The van der Waals surface area contributed by atoms with Gasteiger partial charge >= 0.3 is 0 Å². The topological polar surface area (TPSA) is 58.6 Å². The van der Waals surface area contributed by atoms with Crippen molar-refractivity contribution >= 4 is 5.91 Å². The van der Waals surface area contributed by atoms with Crippen molar-refractivity contribution in [1.82, 2.24) is 5.32 Å². The molecule has 86 valence electrons. The Hall–Kier alpha value is -1.55. The van der Waals surface area contributed by atoms with Gasteiger partial charge in [-0.2, -0.15) is 0 Å². The second kappa shape index (κ2) is 4.53. The number of aliphatic hydroxyl groups excluding tert-OH is 1. The van der Waals surface area contributed by atoms with Gasteiger partial charge < -0.3 is 15.2 Å². The molecule has 0 radical (unpaired) electrons. The van der Waals surface area contributed by atoms with E-state index in [4.69, 9.17) is 9.84 Å². The molecule has 0 spiro atoms. The van der Waals surface area contributed by atoms with Crippen LogP contribution in [0.2, 0.25) is 0 Å². The van der Waals surface area contributed by atoms with Crippen LogP contribution >= 0.6 is 0 Å². The molecule has 1 fully saturated rings. The third-order valence-electron chi connectivity index (χ3n) is 2.80. The number of rotatable bonds is 3. The SMILES string of the molecule is COc1ccc(C(=O)NC2CC(O)C2)cc1. The first-order valence-corrected chi connectivity index (χ1v) is 5.32. The molecule has 0 bridgehead atoms. The third kappa shape index (κ3) is 2.33. The van der Waals surface area contributed by atoms with Gasteiger partial charge in [0.05, 0.1) is 13.2 Å². The van der Waals surface area contributed by atoms with E-state index < -0.39 is 0 Å². The molecule has 0 aliphatic heterocycles. The lowest BCUT2D eigenvalue weighted by Crippen LogP contribution is -2.46. The van der Waals surface area contributed by atoms with Crippen molar-refractivity contribution < 1.29 is 14.6 Å². The van der Waals surface area contributed by atoms with Crippen molar-refractivity contribution in [3.05, 3.63) is 29.8 Å². The number of nitrogens with one attached hydrogen (secondary N) is 1. The summed E-state index contributed by atoms with van der Waals surface area (Å²) >= 11 is 0. The van der Waals surface area contributed by atoms with Crippen LogP contribution in [0.5, 0.6) is 5.75 Å². The van der Waals surface area contributed by atoms with E-state index in [2.05, 4.69) is 5.32 Å². The Kier molecular flexibility index (Phi) is 3.10. The Morgan fingerprint density at radius 2 is 2.00 bits per heavy atom. The summed E-state index contributed by atoms with van der Waals surface area (Å²) in [5, 5.41) is 12.0. The van der Waals surface area contributed by atoms with Gasteiger partial charge in [-0.1, -0.05) is 0 Å². The van der Waals surface area contributed by atoms with Crippen molar-refractivity contribution in [2.24, 2.45) is 0 Å². The fourth-order valence-corrected chi connectivity index (χ4v) is 1.72. The second-order valence-electron chi connectivity index (χ2n) is 4.02. The number of methoxy groups -OCH3 is 1. The maximum Gasteiger partial charge on any atom is 0.251 e. The van der Waals surface area contributed by atoms with Gasteiger partial charge in [0, 0.05) is 11.6 Å². The van der Waals surface area contributed by atoms with Crippen molar-refractivity contribution in [2.75, 3.05) is 7.11 Å². The molecule has 1 aliphatic rings. The Morgan fingerprint density at radius 3 is 2.50 bits per heavy atom. The number of aliphatic hydroxyl groups is 1. The molecule has 0 heterocycles. The zero-order valence-electron chi connectivity index (χ0n) is 9.14. The standard InChI is InChI=1S/C12H15NO3/c1-16-11-4-2-8(3-5-11)12(15)13-9-6-10(14)7-9/h2-5,9-10,14H,6-7H2,1H3,(H,13,15). The molecule has 4 heteroatoms. The maximum atomic E-state index is 11.7. The summed E-state index contributed by atoms with van der Waals surface area (Å²) in [5.41, 5.74) is 0.613. The van der Waals surface area contributed by atoms with Crippen molar-refractivity contribution in [2.45, 2.75) is 25.0 Å². The average Bonchev–Trinajstić information content (AvgIpc) is 2.27. The maximum absolute atomic E-state index is 11.7. The highest BCUT2D eigenvalue weighted by molar-refractivity contribution is 5.94. The third-order valence-corrected chi connectivity index (χ3v) is 2.80. The molecule has 1 saturated carbocycles. The highest BCUT2D eigenvalue weighted by atomic mass is 16.5. The number of benzene rings is 1. The predicted octanol–water partition coefficient (Wildman–Crippen LogP) is 0.948. The monoisotopic (exact) mass is 221 g/mol. The zero-order valence-corrected chi connectivity index (χ0v) is 9.14. The van der Waals surface area contributed by atoms with E-state index in [1.165, 1.54) is 0 Å². The summed E-state index contributed by atoms with van der Waals surface area (Å²) in [6.45, 7) is 0. The number of hydrogen-bond acceptors (Lipinski definition) is 3. The van der Waals surface area contributed by atoms with Gasteiger partial charge in [-0.05, 0) is 37.1 Å². The Bertz CT molecular complexity index is 368. The fourth-order valence-electron chi connectivity index (χ4n) is 1.72. The quantitative estimate of drug-likeness (QED) is 0.799. The van der Waals surface area contributed by atoms with Gasteiger partial charge in [0.25, 0.3) is 5.91 Å². The van der Waals surface area contributed by atoms with Crippen molar-refractivity contribution in [3.63, 3.8) is 0 Å². The first kappa shape index (κ1) is 11.0. The van der Waals surface area contributed by atoms with Crippen LogP contribution in [0.25, 0.3) is 0 Å². The molecule has 2 N–H and O–H groups in total. The molecule has 0 aromatic heterocycles. The molecule has 0 saturated heterocycles. The van der Waals surface area contributed by atoms with Crippen LogP contribution in [0.1, 0.15) is 23.2 Å². The smallest absolute Gasteiger partial charge is 0.251 e. The molecular formula is C12H15NO3. The Labute approximate surface area is 94.2 Å². The minimum atomic E-state index is -0.249. The van der Waals surface area contributed by atoms with Gasteiger partial charge in [-0.25, -0.2) is 0 Å². The lowest BCUT2D eigenvalue weighted by atomic mass is 9.89. The minimum absolute atomic E-state index is 0.0976. The number of hydrogen-bond donors (Lipinski definition) is 2. The van der Waals surface area contributed by atoms with Gasteiger partial charge in [0.2, 0.25) is 0 Å². The normalized spacial score (nSPS) is 23.4. The van der Waals surface area contributed by atoms with Crippen LogP contribution in [-0.2, 0) is 0 Å². The van der Waals surface area contributed by atoms with Crippen molar-refractivity contribution in [3.8, 4) is 5.75 Å². The van der Waals surface area contributed by atoms with E-state index in [1.54, 1.807) is 31.4 Å². The summed E-state index contributed by atoms with van der Waals surface area (Å²) in [7, 11) is 1.59. The molecule has 4 nitrogen and oxygen atoms in total. The lowest BCUT2D eigenvalue weighted by Gasteiger charge is -2.31. The van der Waals surface area contributed by atoms with Crippen LogP contribution in [0, 0.1) is 0 Å². The van der Waals surface area contributed by atoms with Crippen molar-refractivity contribution in [1.29, 1.82) is 0 Å². The van der Waals surface area contributed by atoms with Gasteiger partial charge in [-0.3, -0.25) is 4.79 Å². The Morgan fingerprint density at radius 1 is 1.38 bits per heavy atom. The number of amides is 1. The van der Waals surface area contributed by atoms with Gasteiger partial charge in [0.15, 0.2) is 0 Å². The summed E-state index contributed by atoms with van der Waals surface area (Å²) in [6, 6.07) is 7.08. The summed E-state index contributed by atoms with van der Waals surface area (Å²) in [5.74, 6) is 0.634. The lowest BCUT2D eigenvalue weighted by molar-refractivity contribution is 0.0562. The largest absolute Gasteiger partial charge is 0.497 e. The summed E-state index contributed by atoms with van der Waals surface area (Å²) in [4.78, 5) is 11.7. The molecule has 16 heavy (non-hydrogen) atoms. The van der Waals surface area contributed by atoms with Crippen LogP contribution < -0.4 is 10.1 Å². The highest BCUT2D eigenvalue weighted by Crippen LogP contribution is 2.20. The molecule has 1 aliphatic carbocycles. The fraction of sp³-hybridized carbons (Fsp3) is 0.417. The van der Waals surface area contributed by atoms with E-state index in [9.17, 15) is 4.79 Å². The molecular weight excluding hydrogens is 206 g/mol. The molecule has 0 atom stereocenters. The van der Waals surface area contributed by atoms with Gasteiger partial charge in [0.1, 0.15) is 5.75 Å². The van der Waals surface area contributed by atoms with Crippen LogP contribution in [-0.4, -0.2) is 30.3 Å². The first-order chi connectivity index (χ1) is 7.69. The number of carbonyl (C=O) groups excluding carboxylic acids is 1. The van der Waals surface area contributed by atoms with E-state index in [-0.39, 0.29) is 18.1 Å². The Balaban J connectivity index is 1.93. The van der Waals surface area contributed by atoms with Crippen LogP contribution in [0.15, 0.2) is 24.3 Å². The van der Waals surface area contributed by atoms with Crippen LogP contribution in [0.3, 0.4) is 0 Å². The van der Waals surface area contributed by atoms with E-state index in [0.29, 0.717) is 18.4 Å².